The van der Waals surface area contributed by atoms with Gasteiger partial charge in [-0.15, -0.1) is 0 Å². The Hall–Kier alpha value is -4.99. The van der Waals surface area contributed by atoms with E-state index in [0.717, 1.165) is 60.3 Å². The fraction of sp³-hybridized carbons (Fsp3) is 0.381. The van der Waals surface area contributed by atoms with Crippen LogP contribution in [0.5, 0.6) is 0 Å². The lowest BCUT2D eigenvalue weighted by Crippen LogP contribution is -2.39. The minimum absolute atomic E-state index is 0.00463. The van der Waals surface area contributed by atoms with Gasteiger partial charge in [0.25, 0.3) is 0 Å². The van der Waals surface area contributed by atoms with Crippen LogP contribution in [0.1, 0.15) is 90.8 Å². The lowest BCUT2D eigenvalue weighted by Gasteiger charge is -2.33. The van der Waals surface area contributed by atoms with Gasteiger partial charge in [-0.05, 0) is 88.4 Å². The number of likely N-dealkylation sites (tertiary alicyclic amines) is 1. The molecule has 52 heavy (non-hydrogen) atoms. The third kappa shape index (κ3) is 7.76. The van der Waals surface area contributed by atoms with E-state index in [0.29, 0.717) is 41.3 Å². The van der Waals surface area contributed by atoms with Crippen LogP contribution in [0, 0.1) is 17.5 Å². The topological polar surface area (TPSA) is 61.9 Å². The van der Waals surface area contributed by atoms with Crippen LogP contribution in [0.2, 0.25) is 0 Å². The average molecular weight is 710 g/mol. The van der Waals surface area contributed by atoms with Gasteiger partial charge in [0.1, 0.15) is 23.2 Å². The van der Waals surface area contributed by atoms with Crippen molar-refractivity contribution >= 4 is 28.7 Å². The molecule has 1 fully saturated rings. The number of hydrogen-bond acceptors (Lipinski definition) is 5. The fourth-order valence-electron chi connectivity index (χ4n) is 7.02. The van der Waals surface area contributed by atoms with E-state index >= 15 is 4.39 Å². The van der Waals surface area contributed by atoms with Crippen molar-refractivity contribution in [2.24, 2.45) is 9.98 Å². The van der Waals surface area contributed by atoms with E-state index in [4.69, 9.17) is 9.98 Å². The fourth-order valence-corrected chi connectivity index (χ4v) is 7.02. The molecular weight excluding hydrogens is 660 g/mol. The molecule has 0 bridgehead atoms. The second-order valence-corrected chi connectivity index (χ2v) is 13.4. The molecule has 7 nitrogen and oxygen atoms in total. The first-order valence-corrected chi connectivity index (χ1v) is 18.2. The lowest BCUT2D eigenvalue weighted by atomic mass is 9.96. The van der Waals surface area contributed by atoms with Crippen LogP contribution in [0.15, 0.2) is 89.5 Å². The molecule has 0 spiro atoms. The molecule has 0 radical (unpaired) electrons. The smallest absolute Gasteiger partial charge is 0.165 e. The highest BCUT2D eigenvalue weighted by Crippen LogP contribution is 2.42. The molecule has 0 N–H and O–H groups in total. The summed E-state index contributed by atoms with van der Waals surface area (Å²) < 4.78 is 45.3. The highest BCUT2D eigenvalue weighted by molar-refractivity contribution is 6.00. The molecule has 274 valence electrons. The Bertz CT molecular complexity index is 1990. The van der Waals surface area contributed by atoms with E-state index in [9.17, 15) is 8.78 Å². The van der Waals surface area contributed by atoms with Crippen molar-refractivity contribution in [2.75, 3.05) is 18.5 Å². The summed E-state index contributed by atoms with van der Waals surface area (Å²) in [6.45, 7) is 21.8. The number of hydrogen-bond donors (Lipinski definition) is 0. The first-order valence-electron chi connectivity index (χ1n) is 18.2. The highest BCUT2D eigenvalue weighted by atomic mass is 19.1. The zero-order valence-corrected chi connectivity index (χ0v) is 31.4. The van der Waals surface area contributed by atoms with E-state index in [1.165, 1.54) is 22.9 Å². The Morgan fingerprint density at radius 2 is 1.67 bits per heavy atom. The first kappa shape index (κ1) is 38.2. The van der Waals surface area contributed by atoms with Crippen molar-refractivity contribution in [3.05, 3.63) is 108 Å². The lowest BCUT2D eigenvalue weighted by molar-refractivity contribution is 0.403. The number of rotatable bonds is 13. The predicted molar refractivity (Wildman–Crippen MR) is 208 cm³/mol. The molecule has 2 aromatic carbocycles. The van der Waals surface area contributed by atoms with E-state index < -0.39 is 11.6 Å². The number of pyridine rings is 1. The van der Waals surface area contributed by atoms with E-state index in [-0.39, 0.29) is 29.5 Å². The Labute approximate surface area is 306 Å². The highest BCUT2D eigenvalue weighted by Gasteiger charge is 2.37. The van der Waals surface area contributed by atoms with Crippen molar-refractivity contribution in [3.63, 3.8) is 0 Å². The van der Waals surface area contributed by atoms with Gasteiger partial charge >= 0.3 is 0 Å². The van der Waals surface area contributed by atoms with E-state index in [1.54, 1.807) is 19.3 Å². The Kier molecular flexibility index (Phi) is 12.2. The zero-order chi connectivity index (χ0) is 37.7. The van der Waals surface area contributed by atoms with Crippen molar-refractivity contribution < 1.29 is 13.2 Å². The van der Waals surface area contributed by atoms with Gasteiger partial charge in [0.2, 0.25) is 0 Å². The zero-order valence-electron chi connectivity index (χ0n) is 31.4. The van der Waals surface area contributed by atoms with Gasteiger partial charge in [-0.1, -0.05) is 52.5 Å². The molecule has 3 heterocycles. The van der Waals surface area contributed by atoms with Gasteiger partial charge in [0.15, 0.2) is 11.6 Å². The Morgan fingerprint density at radius 3 is 2.33 bits per heavy atom. The summed E-state index contributed by atoms with van der Waals surface area (Å²) in [4.78, 5) is 19.0. The number of anilines is 1. The van der Waals surface area contributed by atoms with Crippen LogP contribution in [0.25, 0.3) is 22.6 Å². The summed E-state index contributed by atoms with van der Waals surface area (Å²) in [6, 6.07) is 14.4. The van der Waals surface area contributed by atoms with Crippen LogP contribution in [-0.4, -0.2) is 56.9 Å². The van der Waals surface area contributed by atoms with Gasteiger partial charge in [0, 0.05) is 54.3 Å². The Balaban J connectivity index is 1.55. The average Bonchev–Trinajstić information content (AvgIpc) is 3.78. The van der Waals surface area contributed by atoms with Crippen molar-refractivity contribution in [1.29, 1.82) is 0 Å². The molecule has 1 saturated heterocycles. The second-order valence-electron chi connectivity index (χ2n) is 13.4. The maximum Gasteiger partial charge on any atom is 0.165 e. The third-order valence-corrected chi connectivity index (χ3v) is 10.2. The maximum absolute atomic E-state index is 15.0. The minimum atomic E-state index is -0.739. The molecule has 10 heteroatoms. The molecule has 2 atom stereocenters. The summed E-state index contributed by atoms with van der Waals surface area (Å²) in [5.41, 5.74) is 6.44. The van der Waals surface area contributed by atoms with E-state index in [1.807, 2.05) is 45.0 Å². The third-order valence-electron chi connectivity index (χ3n) is 10.2. The minimum Gasteiger partial charge on any atom is -0.364 e. The van der Waals surface area contributed by atoms with E-state index in [2.05, 4.69) is 53.8 Å². The molecular formula is C42H50F3N7. The van der Waals surface area contributed by atoms with Gasteiger partial charge in [-0.2, -0.15) is 5.10 Å². The maximum atomic E-state index is 15.0. The van der Waals surface area contributed by atoms with Crippen LogP contribution in [0.4, 0.5) is 24.7 Å². The number of amidine groups is 1. The summed E-state index contributed by atoms with van der Waals surface area (Å²) in [7, 11) is 1.78. The molecule has 5 rings (SSSR count). The van der Waals surface area contributed by atoms with Crippen LogP contribution < -0.4 is 4.90 Å². The molecule has 2 unspecified atom stereocenters. The normalized spacial score (nSPS) is 16.6. The largest absolute Gasteiger partial charge is 0.364 e. The number of aliphatic imine (C=N–C) groups is 2. The SMILES string of the molecule is C=C(CC)C1CC(c2cccc(-c3cc(F)ccc3N(/C(C)=N\C)C(CC)CC)n2)CN1C(=C)c1cnn(-c2ccc(F)cc2F)c1/N=C(\C)CC. The molecule has 1 aliphatic rings. The van der Waals surface area contributed by atoms with Gasteiger partial charge < -0.3 is 9.80 Å². The molecule has 0 amide bonds. The van der Waals surface area contributed by atoms with Crippen molar-refractivity contribution in [2.45, 2.75) is 91.6 Å². The number of halogens is 3. The number of nitrogens with zero attached hydrogens (tertiary/aromatic N) is 7. The summed E-state index contributed by atoms with van der Waals surface area (Å²) in [5.74, 6) is -0.460. The molecule has 4 aromatic rings. The first-order chi connectivity index (χ1) is 24.9. The number of benzene rings is 2. The quantitative estimate of drug-likeness (QED) is 0.0788. The summed E-state index contributed by atoms with van der Waals surface area (Å²) in [5, 5.41) is 4.52. The molecule has 0 saturated carbocycles. The Morgan fingerprint density at radius 1 is 0.962 bits per heavy atom. The summed E-state index contributed by atoms with van der Waals surface area (Å²) in [6.07, 6.45) is 5.64. The predicted octanol–water partition coefficient (Wildman–Crippen LogP) is 10.7. The van der Waals surface area contributed by atoms with Crippen molar-refractivity contribution in [1.82, 2.24) is 19.7 Å². The standard InChI is InChI=1S/C42H50F3N7/c1-10-26(5)41-21-30(25-50(41)28(7)35-24-47-52(42(35)48-27(6)11-2)40-20-18-32(44)23-36(40)45)37-15-14-16-38(49-37)34-22-31(43)17-19-39(34)51(29(8)46-9)33(12-3)13-4/h14-20,22-24,30,33,41H,5,7,10-13,21,25H2,1-4,6,8-9H3/b46-29-,48-27+. The van der Waals surface area contributed by atoms with Crippen molar-refractivity contribution in [3.8, 4) is 16.9 Å². The van der Waals surface area contributed by atoms with Gasteiger partial charge in [-0.25, -0.2) is 22.8 Å². The second kappa shape index (κ2) is 16.6. The van der Waals surface area contributed by atoms with Gasteiger partial charge in [-0.3, -0.25) is 9.98 Å². The van der Waals surface area contributed by atoms with Crippen LogP contribution in [-0.2, 0) is 0 Å². The number of aromatic nitrogens is 3. The molecule has 0 aliphatic carbocycles. The van der Waals surface area contributed by atoms with Crippen LogP contribution >= 0.6 is 0 Å². The summed E-state index contributed by atoms with van der Waals surface area (Å²) >= 11 is 0. The van der Waals surface area contributed by atoms with Gasteiger partial charge in [0.05, 0.1) is 29.2 Å². The van der Waals surface area contributed by atoms with Crippen LogP contribution in [0.3, 0.4) is 0 Å². The molecule has 2 aromatic heterocycles. The monoisotopic (exact) mass is 709 g/mol. The molecule has 1 aliphatic heterocycles.